The quantitative estimate of drug-likeness (QED) is 0.260. The summed E-state index contributed by atoms with van der Waals surface area (Å²) in [6, 6.07) is 20.4. The molecule has 0 aliphatic carbocycles. The third-order valence-electron chi connectivity index (χ3n) is 5.67. The highest BCUT2D eigenvalue weighted by molar-refractivity contribution is 5.88. The van der Waals surface area contributed by atoms with Crippen molar-refractivity contribution in [2.75, 3.05) is 5.43 Å². The lowest BCUT2D eigenvalue weighted by Gasteiger charge is -2.10. The van der Waals surface area contributed by atoms with Gasteiger partial charge < -0.3 is 0 Å². The van der Waals surface area contributed by atoms with Gasteiger partial charge in [-0.05, 0) is 54.8 Å². The van der Waals surface area contributed by atoms with Gasteiger partial charge >= 0.3 is 0 Å². The maximum atomic E-state index is 9.83. The van der Waals surface area contributed by atoms with Crippen molar-refractivity contribution in [3.8, 4) is 6.07 Å². The van der Waals surface area contributed by atoms with Crippen LogP contribution < -0.4 is 9.83 Å². The minimum atomic E-state index is 0.657. The van der Waals surface area contributed by atoms with Gasteiger partial charge in [-0.3, -0.25) is 9.97 Å². The largest absolute Gasteiger partial charge is 0.269 e. The lowest BCUT2D eigenvalue weighted by Crippen LogP contribution is -2.28. The van der Waals surface area contributed by atoms with Gasteiger partial charge in [0.25, 0.3) is 5.82 Å². The summed E-state index contributed by atoms with van der Waals surface area (Å²) in [4.78, 5) is 7.76. The second-order valence-corrected chi connectivity index (χ2v) is 7.44. The van der Waals surface area contributed by atoms with Crippen molar-refractivity contribution in [3.05, 3.63) is 83.0 Å². The molecule has 0 aliphatic rings. The first-order chi connectivity index (χ1) is 15.2. The zero-order valence-corrected chi connectivity index (χ0v) is 17.3. The Morgan fingerprint density at radius 2 is 2.06 bits per heavy atom. The number of H-pyrrole nitrogens is 1. The first kappa shape index (κ1) is 18.8. The third-order valence-corrected chi connectivity index (χ3v) is 5.67. The highest BCUT2D eigenvalue weighted by Crippen LogP contribution is 2.25. The van der Waals surface area contributed by atoms with E-state index in [1.165, 1.54) is 0 Å². The monoisotopic (exact) mass is 405 g/mol. The van der Waals surface area contributed by atoms with Crippen LogP contribution in [0.25, 0.3) is 27.6 Å². The summed E-state index contributed by atoms with van der Waals surface area (Å²) < 4.78 is 2.06. The van der Waals surface area contributed by atoms with Gasteiger partial charge in [-0.15, -0.1) is 5.10 Å². The van der Waals surface area contributed by atoms with E-state index in [0.29, 0.717) is 5.56 Å². The van der Waals surface area contributed by atoms with Crippen molar-refractivity contribution < 1.29 is 4.40 Å². The first-order valence-corrected chi connectivity index (χ1v) is 10.2. The highest BCUT2D eigenvalue weighted by Gasteiger charge is 2.24. The summed E-state index contributed by atoms with van der Waals surface area (Å²) in [7, 11) is 0. The van der Waals surface area contributed by atoms with Gasteiger partial charge in [0, 0.05) is 17.1 Å². The molecule has 3 aromatic heterocycles. The van der Waals surface area contributed by atoms with Crippen molar-refractivity contribution in [1.82, 2.24) is 9.97 Å². The fourth-order valence-corrected chi connectivity index (χ4v) is 4.16. The molecule has 0 unspecified atom stereocenters. The topological polar surface area (TPSA) is 81.0 Å². The van der Waals surface area contributed by atoms with E-state index < -0.39 is 0 Å². The first-order valence-electron chi connectivity index (χ1n) is 10.2. The molecule has 31 heavy (non-hydrogen) atoms. The van der Waals surface area contributed by atoms with Crippen LogP contribution in [0.3, 0.4) is 0 Å². The number of aromatic amines is 1. The van der Waals surface area contributed by atoms with Crippen molar-refractivity contribution in [1.29, 1.82) is 5.26 Å². The van der Waals surface area contributed by atoms with Crippen LogP contribution in [0, 0.1) is 18.3 Å². The molecule has 0 aliphatic heterocycles. The molecule has 0 atom stereocenters. The number of hydrazone groups is 1. The van der Waals surface area contributed by atoms with Crippen LogP contribution >= 0.6 is 0 Å². The lowest BCUT2D eigenvalue weighted by atomic mass is 10.0. The van der Waals surface area contributed by atoms with Gasteiger partial charge in [-0.1, -0.05) is 31.2 Å². The molecule has 0 saturated carbocycles. The standard InChI is InChI=1S/C25H20N6/c1-3-19-16(2)20(14-26)24-29-22-8-4-5-9-23(22)31(24)25(19)30-28-15-17-10-11-21-18(13-17)7-6-12-27-21/h4-13,15H,3H2,1-2H3,(H,29,30)/p+1. The predicted molar refractivity (Wildman–Crippen MR) is 123 cm³/mol. The van der Waals surface area contributed by atoms with Crippen LogP contribution in [0.5, 0.6) is 0 Å². The number of hydrogen-bond acceptors (Lipinski definition) is 4. The van der Waals surface area contributed by atoms with Crippen LogP contribution in [0.15, 0.2) is 65.9 Å². The molecule has 5 rings (SSSR count). The number of pyridine rings is 2. The molecule has 0 amide bonds. The van der Waals surface area contributed by atoms with E-state index in [2.05, 4.69) is 44.0 Å². The summed E-state index contributed by atoms with van der Waals surface area (Å²) >= 11 is 0. The second-order valence-electron chi connectivity index (χ2n) is 7.44. The molecule has 0 bridgehead atoms. The Bertz CT molecular complexity index is 1520. The maximum absolute atomic E-state index is 9.83. The number of nitrogens with zero attached hydrogens (tertiary/aromatic N) is 4. The average molecular weight is 405 g/mol. The Morgan fingerprint density at radius 1 is 1.19 bits per heavy atom. The van der Waals surface area contributed by atoms with Crippen molar-refractivity contribution >= 4 is 39.6 Å². The Morgan fingerprint density at radius 3 is 2.90 bits per heavy atom. The molecule has 6 heteroatoms. The van der Waals surface area contributed by atoms with E-state index in [4.69, 9.17) is 0 Å². The number of aromatic nitrogens is 3. The molecule has 0 saturated heterocycles. The minimum Gasteiger partial charge on any atom is -0.269 e. The Kier molecular flexibility index (Phi) is 4.57. The smallest absolute Gasteiger partial charge is 0.253 e. The SMILES string of the molecule is CCc1c(C)c(C#N)c2[nH]c3ccccc3[n+]2c1NN=Cc1ccc2ncccc2c1. The van der Waals surface area contributed by atoms with E-state index in [0.717, 1.165) is 56.5 Å². The number of nitrogens with one attached hydrogen (secondary N) is 2. The van der Waals surface area contributed by atoms with Gasteiger partial charge in [0.2, 0.25) is 5.65 Å². The van der Waals surface area contributed by atoms with Crippen LogP contribution in [-0.4, -0.2) is 16.2 Å². The molecule has 0 fully saturated rings. The number of para-hydroxylation sites is 2. The van der Waals surface area contributed by atoms with Crippen LogP contribution in [-0.2, 0) is 6.42 Å². The molecular formula is C25H21N6+. The zero-order valence-electron chi connectivity index (χ0n) is 17.3. The van der Waals surface area contributed by atoms with Crippen LogP contribution in [0.1, 0.15) is 29.2 Å². The summed E-state index contributed by atoms with van der Waals surface area (Å²) in [5, 5.41) is 15.4. The van der Waals surface area contributed by atoms with Gasteiger partial charge in [0.1, 0.15) is 22.7 Å². The molecule has 0 radical (unpaired) electrons. The van der Waals surface area contributed by atoms with Gasteiger partial charge in [0.05, 0.1) is 11.7 Å². The fourth-order valence-electron chi connectivity index (χ4n) is 4.16. The van der Waals surface area contributed by atoms with Gasteiger partial charge in [-0.2, -0.15) is 15.1 Å². The number of anilines is 1. The molecule has 0 spiro atoms. The van der Waals surface area contributed by atoms with Crippen LogP contribution in [0.4, 0.5) is 5.82 Å². The summed E-state index contributed by atoms with van der Waals surface area (Å²) in [5.74, 6) is 0.866. The van der Waals surface area contributed by atoms with E-state index in [1.54, 1.807) is 12.4 Å². The van der Waals surface area contributed by atoms with Gasteiger partial charge in [0.15, 0.2) is 0 Å². The number of hydrogen-bond donors (Lipinski definition) is 2. The molecule has 150 valence electrons. The fraction of sp³-hybridized carbons (Fsp3) is 0.120. The lowest BCUT2D eigenvalue weighted by molar-refractivity contribution is -0.465. The molecule has 3 heterocycles. The second kappa shape index (κ2) is 7.54. The molecule has 6 nitrogen and oxygen atoms in total. The predicted octanol–water partition coefficient (Wildman–Crippen LogP) is 4.64. The Hall–Kier alpha value is -4.24. The van der Waals surface area contributed by atoms with E-state index >= 15 is 0 Å². The number of fused-ring (bicyclic) bond motifs is 4. The Labute approximate surface area is 179 Å². The Balaban J connectivity index is 1.64. The van der Waals surface area contributed by atoms with E-state index in [1.807, 2.05) is 55.5 Å². The average Bonchev–Trinajstić information content (AvgIpc) is 3.18. The normalized spacial score (nSPS) is 11.5. The highest BCUT2D eigenvalue weighted by atomic mass is 15.3. The number of nitriles is 1. The van der Waals surface area contributed by atoms with Crippen molar-refractivity contribution in [2.45, 2.75) is 20.3 Å². The number of benzene rings is 2. The van der Waals surface area contributed by atoms with E-state index in [9.17, 15) is 5.26 Å². The molecule has 2 N–H and O–H groups in total. The van der Waals surface area contributed by atoms with E-state index in [-0.39, 0.29) is 0 Å². The summed E-state index contributed by atoms with van der Waals surface area (Å²) in [6.07, 6.45) is 4.38. The number of imidazole rings is 1. The maximum Gasteiger partial charge on any atom is 0.253 e. The number of rotatable bonds is 4. The van der Waals surface area contributed by atoms with Crippen LogP contribution in [0.2, 0.25) is 0 Å². The molecule has 2 aromatic carbocycles. The summed E-state index contributed by atoms with van der Waals surface area (Å²) in [6.45, 7) is 4.09. The molecule has 5 aromatic rings. The van der Waals surface area contributed by atoms with Crippen molar-refractivity contribution in [3.63, 3.8) is 0 Å². The third kappa shape index (κ3) is 3.08. The molecular weight excluding hydrogens is 384 g/mol. The zero-order chi connectivity index (χ0) is 21.4. The van der Waals surface area contributed by atoms with Gasteiger partial charge in [-0.25, -0.2) is 0 Å². The summed E-state index contributed by atoms with van der Waals surface area (Å²) in [5.41, 5.74) is 10.6. The minimum absolute atomic E-state index is 0.657. The van der Waals surface area contributed by atoms with Crippen molar-refractivity contribution in [2.24, 2.45) is 5.10 Å².